The lowest BCUT2D eigenvalue weighted by Gasteiger charge is -2.06. The van der Waals surface area contributed by atoms with E-state index >= 15 is 0 Å². The van der Waals surface area contributed by atoms with Crippen molar-refractivity contribution in [2.24, 2.45) is 0 Å². The van der Waals surface area contributed by atoms with Gasteiger partial charge >= 0.3 is 0 Å². The van der Waals surface area contributed by atoms with Crippen LogP contribution in [0.1, 0.15) is 24.1 Å². The van der Waals surface area contributed by atoms with Gasteiger partial charge in [0.25, 0.3) is 10.0 Å². The van der Waals surface area contributed by atoms with E-state index < -0.39 is 10.0 Å². The minimum Gasteiger partial charge on any atom is -0.363 e. The summed E-state index contributed by atoms with van der Waals surface area (Å²) in [6, 6.07) is 3.98. The van der Waals surface area contributed by atoms with E-state index in [1.54, 1.807) is 18.3 Å². The Kier molecular flexibility index (Phi) is 3.69. The van der Waals surface area contributed by atoms with E-state index in [0.717, 1.165) is 11.3 Å². The molecule has 0 saturated heterocycles. The molecule has 0 aromatic carbocycles. The predicted octanol–water partition coefficient (Wildman–Crippen LogP) is 1.77. The van der Waals surface area contributed by atoms with E-state index in [9.17, 15) is 8.42 Å². The van der Waals surface area contributed by atoms with Crippen LogP contribution in [-0.2, 0) is 16.6 Å². The van der Waals surface area contributed by atoms with Crippen LogP contribution in [0, 0.1) is 6.92 Å². The predicted molar refractivity (Wildman–Crippen MR) is 80.4 cm³/mol. The molecular formula is C14H18N4O2S. The Morgan fingerprint density at radius 3 is 2.86 bits per heavy atom. The summed E-state index contributed by atoms with van der Waals surface area (Å²) in [5, 5.41) is 3.34. The van der Waals surface area contributed by atoms with Crippen LogP contribution in [0.3, 0.4) is 0 Å². The Bertz CT molecular complexity index is 735. The third-order valence-corrected chi connectivity index (χ3v) is 4.67. The van der Waals surface area contributed by atoms with Gasteiger partial charge in [-0.2, -0.15) is 0 Å². The second-order valence-electron chi connectivity index (χ2n) is 5.37. The van der Waals surface area contributed by atoms with Gasteiger partial charge in [-0.25, -0.2) is 8.42 Å². The number of aromatic nitrogens is 2. The molecule has 0 radical (unpaired) electrons. The molecule has 2 heterocycles. The Morgan fingerprint density at radius 2 is 2.14 bits per heavy atom. The number of hydrogen-bond donors (Lipinski definition) is 3. The molecule has 7 heteroatoms. The SMILES string of the molecule is Cc1cncc(NS(=O)(=O)c2c[nH]c(CNC3CC3)c2)c1. The van der Waals surface area contributed by atoms with Crippen molar-refractivity contribution in [2.45, 2.75) is 37.2 Å². The summed E-state index contributed by atoms with van der Waals surface area (Å²) >= 11 is 0. The average molecular weight is 306 g/mol. The van der Waals surface area contributed by atoms with Gasteiger partial charge in [0.2, 0.25) is 0 Å². The van der Waals surface area contributed by atoms with E-state index in [1.165, 1.54) is 25.2 Å². The van der Waals surface area contributed by atoms with Crippen molar-refractivity contribution in [3.63, 3.8) is 0 Å². The molecule has 2 aromatic heterocycles. The molecule has 3 rings (SSSR count). The zero-order valence-electron chi connectivity index (χ0n) is 11.8. The summed E-state index contributed by atoms with van der Waals surface area (Å²) in [7, 11) is -3.58. The Balaban J connectivity index is 1.71. The summed E-state index contributed by atoms with van der Waals surface area (Å²) in [6.45, 7) is 2.52. The van der Waals surface area contributed by atoms with E-state index in [1.807, 2.05) is 6.92 Å². The number of sulfonamides is 1. The number of anilines is 1. The second-order valence-corrected chi connectivity index (χ2v) is 7.05. The monoisotopic (exact) mass is 306 g/mol. The lowest BCUT2D eigenvalue weighted by atomic mass is 10.3. The van der Waals surface area contributed by atoms with Crippen LogP contribution >= 0.6 is 0 Å². The first kappa shape index (κ1) is 14.1. The van der Waals surface area contributed by atoms with Crippen molar-refractivity contribution in [1.82, 2.24) is 15.3 Å². The molecule has 2 aromatic rings. The molecule has 0 bridgehead atoms. The van der Waals surface area contributed by atoms with Gasteiger partial charge in [0, 0.05) is 30.7 Å². The lowest BCUT2D eigenvalue weighted by molar-refractivity contribution is 0.601. The van der Waals surface area contributed by atoms with E-state index in [2.05, 4.69) is 20.0 Å². The number of H-pyrrole nitrogens is 1. The number of pyridine rings is 1. The molecule has 0 amide bonds. The molecule has 0 unspecified atom stereocenters. The topological polar surface area (TPSA) is 86.9 Å². The van der Waals surface area contributed by atoms with Crippen LogP contribution in [0.25, 0.3) is 0 Å². The van der Waals surface area contributed by atoms with E-state index in [4.69, 9.17) is 0 Å². The lowest BCUT2D eigenvalue weighted by Crippen LogP contribution is -2.15. The average Bonchev–Trinajstić information content (AvgIpc) is 3.12. The molecule has 0 spiro atoms. The number of aryl methyl sites for hydroxylation is 1. The minimum absolute atomic E-state index is 0.233. The standard InChI is InChI=1S/C14H18N4O2S/c1-10-4-13(7-15-6-10)18-21(19,20)14-5-12(17-9-14)8-16-11-2-3-11/h4-7,9,11,16-18H,2-3,8H2,1H3. The van der Waals surface area contributed by atoms with Crippen molar-refractivity contribution in [3.05, 3.63) is 42.0 Å². The first-order valence-electron chi connectivity index (χ1n) is 6.88. The van der Waals surface area contributed by atoms with Crippen molar-refractivity contribution >= 4 is 15.7 Å². The smallest absolute Gasteiger partial charge is 0.263 e. The summed E-state index contributed by atoms with van der Waals surface area (Å²) in [6.07, 6.45) is 7.08. The number of nitrogens with one attached hydrogen (secondary N) is 3. The molecule has 1 aliphatic carbocycles. The molecule has 1 aliphatic rings. The highest BCUT2D eigenvalue weighted by Gasteiger charge is 2.21. The van der Waals surface area contributed by atoms with Gasteiger partial charge in [0.1, 0.15) is 4.90 Å². The Morgan fingerprint density at radius 1 is 1.33 bits per heavy atom. The van der Waals surface area contributed by atoms with Crippen LogP contribution in [0.2, 0.25) is 0 Å². The van der Waals surface area contributed by atoms with Gasteiger partial charge in [0.05, 0.1) is 11.9 Å². The minimum atomic E-state index is -3.58. The Labute approximate surface area is 124 Å². The van der Waals surface area contributed by atoms with Gasteiger partial charge in [-0.15, -0.1) is 0 Å². The third kappa shape index (κ3) is 3.62. The van der Waals surface area contributed by atoms with Gasteiger partial charge in [-0.1, -0.05) is 0 Å². The van der Waals surface area contributed by atoms with Crippen molar-refractivity contribution < 1.29 is 8.42 Å². The van der Waals surface area contributed by atoms with Crippen LogP contribution in [0.15, 0.2) is 35.6 Å². The summed E-state index contributed by atoms with van der Waals surface area (Å²) in [5.74, 6) is 0. The van der Waals surface area contributed by atoms with Crippen LogP contribution in [0.4, 0.5) is 5.69 Å². The molecule has 21 heavy (non-hydrogen) atoms. The normalized spacial score (nSPS) is 15.1. The van der Waals surface area contributed by atoms with E-state index in [-0.39, 0.29) is 4.90 Å². The summed E-state index contributed by atoms with van der Waals surface area (Å²) in [4.78, 5) is 7.21. The van der Waals surface area contributed by atoms with Gasteiger partial charge in [0.15, 0.2) is 0 Å². The highest BCUT2D eigenvalue weighted by molar-refractivity contribution is 7.92. The highest BCUT2D eigenvalue weighted by Crippen LogP contribution is 2.20. The molecule has 1 fully saturated rings. The van der Waals surface area contributed by atoms with Crippen molar-refractivity contribution in [2.75, 3.05) is 4.72 Å². The maximum Gasteiger partial charge on any atom is 0.263 e. The molecule has 0 aliphatic heterocycles. The number of aromatic amines is 1. The first-order chi connectivity index (χ1) is 10.0. The number of hydrogen-bond acceptors (Lipinski definition) is 4. The quantitative estimate of drug-likeness (QED) is 0.759. The molecule has 3 N–H and O–H groups in total. The summed E-state index contributed by atoms with van der Waals surface area (Å²) < 4.78 is 27.1. The molecule has 1 saturated carbocycles. The second kappa shape index (κ2) is 5.50. The van der Waals surface area contributed by atoms with Gasteiger partial charge in [-0.3, -0.25) is 9.71 Å². The van der Waals surface area contributed by atoms with Crippen LogP contribution in [0.5, 0.6) is 0 Å². The molecule has 6 nitrogen and oxygen atoms in total. The first-order valence-corrected chi connectivity index (χ1v) is 8.36. The fourth-order valence-corrected chi connectivity index (χ4v) is 3.09. The van der Waals surface area contributed by atoms with E-state index in [0.29, 0.717) is 18.3 Å². The molecule has 112 valence electrons. The van der Waals surface area contributed by atoms with Crippen LogP contribution in [-0.4, -0.2) is 24.4 Å². The molecule has 0 atom stereocenters. The van der Waals surface area contributed by atoms with Gasteiger partial charge < -0.3 is 10.3 Å². The fraction of sp³-hybridized carbons (Fsp3) is 0.357. The zero-order valence-corrected chi connectivity index (χ0v) is 12.6. The number of nitrogens with zero attached hydrogens (tertiary/aromatic N) is 1. The number of rotatable bonds is 6. The summed E-state index contributed by atoms with van der Waals surface area (Å²) in [5.41, 5.74) is 2.23. The largest absolute Gasteiger partial charge is 0.363 e. The van der Waals surface area contributed by atoms with Crippen molar-refractivity contribution in [1.29, 1.82) is 0 Å². The fourth-order valence-electron chi connectivity index (χ4n) is 2.04. The molecular weight excluding hydrogens is 288 g/mol. The maximum absolute atomic E-state index is 12.3. The zero-order chi connectivity index (χ0) is 14.9. The highest BCUT2D eigenvalue weighted by atomic mass is 32.2. The van der Waals surface area contributed by atoms with Crippen molar-refractivity contribution in [3.8, 4) is 0 Å². The maximum atomic E-state index is 12.3. The van der Waals surface area contributed by atoms with Crippen LogP contribution < -0.4 is 10.0 Å². The third-order valence-electron chi connectivity index (χ3n) is 3.31. The Hall–Kier alpha value is -1.86. The van der Waals surface area contributed by atoms with Gasteiger partial charge in [-0.05, 0) is 37.5 Å².